The van der Waals surface area contributed by atoms with Crippen LogP contribution < -0.4 is 11.1 Å². The average molecular weight is 423 g/mol. The first kappa shape index (κ1) is 28.9. The zero-order chi connectivity index (χ0) is 18.2. The van der Waals surface area contributed by atoms with E-state index in [0.29, 0.717) is 0 Å². The van der Waals surface area contributed by atoms with Gasteiger partial charge in [0, 0.05) is 6.04 Å². The van der Waals surface area contributed by atoms with Gasteiger partial charge in [0.25, 0.3) is 0 Å². The molecule has 0 amide bonds. The number of nitrogens with two attached hydrogens (primary N) is 1. The van der Waals surface area contributed by atoms with Crippen molar-refractivity contribution >= 4 is 24.8 Å². The Hall–Kier alpha value is -0.350. The molecule has 27 heavy (non-hydrogen) atoms. The maximum Gasteiger partial charge on any atom is 0.123 e. The molecule has 1 aromatic carbocycles. The Morgan fingerprint density at radius 3 is 1.78 bits per heavy atom. The molecular weight excluding hydrogens is 382 g/mol. The van der Waals surface area contributed by atoms with Gasteiger partial charge in [0.15, 0.2) is 0 Å². The number of halogens is 3. The van der Waals surface area contributed by atoms with Gasteiger partial charge in [-0.05, 0) is 43.6 Å². The standard InChI is InChI=1S/C22H39FN2.2ClH/c1-2-3-4-5-6-7-8-9-10-11-12-18-25-19-17-22(24)20-13-15-21(23)16-14-20;;/h13-16,22,25H,2-12,17-19,24H2,1H3;2*1H. The highest BCUT2D eigenvalue weighted by atomic mass is 35.5. The topological polar surface area (TPSA) is 38.0 Å². The average Bonchev–Trinajstić information content (AvgIpc) is 2.62. The van der Waals surface area contributed by atoms with Crippen LogP contribution in [0.5, 0.6) is 0 Å². The van der Waals surface area contributed by atoms with Crippen molar-refractivity contribution in [3.8, 4) is 0 Å². The molecule has 2 nitrogen and oxygen atoms in total. The van der Waals surface area contributed by atoms with E-state index in [4.69, 9.17) is 5.73 Å². The molecule has 1 rings (SSSR count). The van der Waals surface area contributed by atoms with Crippen LogP contribution in [-0.4, -0.2) is 13.1 Å². The summed E-state index contributed by atoms with van der Waals surface area (Å²) in [4.78, 5) is 0. The van der Waals surface area contributed by atoms with Crippen LogP contribution in [0.25, 0.3) is 0 Å². The van der Waals surface area contributed by atoms with Crippen LogP contribution in [0.15, 0.2) is 24.3 Å². The van der Waals surface area contributed by atoms with Gasteiger partial charge in [0.1, 0.15) is 5.82 Å². The molecule has 160 valence electrons. The van der Waals surface area contributed by atoms with Crippen LogP contribution in [-0.2, 0) is 0 Å². The molecule has 1 atom stereocenters. The van der Waals surface area contributed by atoms with Gasteiger partial charge in [-0.15, -0.1) is 24.8 Å². The number of nitrogens with one attached hydrogen (secondary N) is 1. The zero-order valence-electron chi connectivity index (χ0n) is 17.1. The highest BCUT2D eigenvalue weighted by Gasteiger charge is 2.05. The van der Waals surface area contributed by atoms with Crippen molar-refractivity contribution < 1.29 is 4.39 Å². The van der Waals surface area contributed by atoms with Gasteiger partial charge in [-0.3, -0.25) is 0 Å². The van der Waals surface area contributed by atoms with Gasteiger partial charge in [0.05, 0.1) is 0 Å². The molecule has 0 aromatic heterocycles. The molecule has 3 N–H and O–H groups in total. The van der Waals surface area contributed by atoms with E-state index in [1.165, 1.54) is 82.8 Å². The molecule has 1 unspecified atom stereocenters. The van der Waals surface area contributed by atoms with E-state index in [1.807, 2.05) is 0 Å². The van der Waals surface area contributed by atoms with Crippen LogP contribution in [0.2, 0.25) is 0 Å². The van der Waals surface area contributed by atoms with Crippen LogP contribution in [0.4, 0.5) is 4.39 Å². The highest BCUT2D eigenvalue weighted by molar-refractivity contribution is 5.85. The summed E-state index contributed by atoms with van der Waals surface area (Å²) in [6, 6.07) is 6.51. The molecule has 0 spiro atoms. The normalized spacial score (nSPS) is 11.5. The Kier molecular flexibility index (Phi) is 21.8. The Labute approximate surface area is 179 Å². The monoisotopic (exact) mass is 422 g/mol. The van der Waals surface area contributed by atoms with E-state index in [1.54, 1.807) is 12.1 Å². The summed E-state index contributed by atoms with van der Waals surface area (Å²) < 4.78 is 12.9. The third-order valence-electron chi connectivity index (χ3n) is 4.89. The van der Waals surface area contributed by atoms with Gasteiger partial charge in [-0.2, -0.15) is 0 Å². The van der Waals surface area contributed by atoms with Crippen molar-refractivity contribution in [1.82, 2.24) is 5.32 Å². The number of benzene rings is 1. The van der Waals surface area contributed by atoms with E-state index in [-0.39, 0.29) is 36.7 Å². The smallest absolute Gasteiger partial charge is 0.123 e. The van der Waals surface area contributed by atoms with Gasteiger partial charge in [-0.25, -0.2) is 4.39 Å². The van der Waals surface area contributed by atoms with E-state index in [9.17, 15) is 4.39 Å². The molecule has 0 aliphatic heterocycles. The summed E-state index contributed by atoms with van der Waals surface area (Å²) in [5.74, 6) is -0.203. The summed E-state index contributed by atoms with van der Waals surface area (Å²) >= 11 is 0. The minimum absolute atomic E-state index is 0. The number of hydrogen-bond donors (Lipinski definition) is 2. The molecule has 1 aromatic rings. The Morgan fingerprint density at radius 2 is 1.26 bits per heavy atom. The lowest BCUT2D eigenvalue weighted by atomic mass is 10.0. The first-order chi connectivity index (χ1) is 12.2. The Bertz CT molecular complexity index is 415. The maximum absolute atomic E-state index is 12.9. The molecule has 0 radical (unpaired) electrons. The summed E-state index contributed by atoms with van der Waals surface area (Å²) in [6.07, 6.45) is 16.1. The molecule has 0 bridgehead atoms. The van der Waals surface area contributed by atoms with E-state index in [2.05, 4.69) is 12.2 Å². The summed E-state index contributed by atoms with van der Waals surface area (Å²) in [5, 5.41) is 3.47. The van der Waals surface area contributed by atoms with E-state index in [0.717, 1.165) is 25.1 Å². The third kappa shape index (κ3) is 16.3. The van der Waals surface area contributed by atoms with Gasteiger partial charge in [-0.1, -0.05) is 83.3 Å². The lowest BCUT2D eigenvalue weighted by molar-refractivity contribution is 0.528. The van der Waals surface area contributed by atoms with Crippen molar-refractivity contribution in [1.29, 1.82) is 0 Å². The fourth-order valence-electron chi connectivity index (χ4n) is 3.17. The second-order valence-electron chi connectivity index (χ2n) is 7.23. The largest absolute Gasteiger partial charge is 0.324 e. The summed E-state index contributed by atoms with van der Waals surface area (Å²) in [7, 11) is 0. The molecule has 0 saturated heterocycles. The first-order valence-corrected chi connectivity index (χ1v) is 10.5. The van der Waals surface area contributed by atoms with Crippen LogP contribution in [0.3, 0.4) is 0 Å². The predicted octanol–water partition coefficient (Wildman–Crippen LogP) is 6.96. The van der Waals surface area contributed by atoms with Crippen molar-refractivity contribution in [2.75, 3.05) is 13.1 Å². The third-order valence-corrected chi connectivity index (χ3v) is 4.89. The van der Waals surface area contributed by atoms with Gasteiger partial charge in [0.2, 0.25) is 0 Å². The SMILES string of the molecule is CCCCCCCCCCCCCNCCC(N)c1ccc(F)cc1.Cl.Cl. The molecule has 0 aliphatic carbocycles. The Morgan fingerprint density at radius 1 is 0.778 bits per heavy atom. The second kappa shape index (κ2) is 20.4. The zero-order valence-corrected chi connectivity index (χ0v) is 18.7. The van der Waals surface area contributed by atoms with Crippen LogP contribution >= 0.6 is 24.8 Å². The molecular formula is C22H41Cl2FN2. The minimum Gasteiger partial charge on any atom is -0.324 e. The molecule has 0 saturated carbocycles. The van der Waals surface area contributed by atoms with Crippen molar-refractivity contribution in [2.45, 2.75) is 90.0 Å². The fraction of sp³-hybridized carbons (Fsp3) is 0.727. The molecule has 0 aliphatic rings. The second-order valence-corrected chi connectivity index (χ2v) is 7.23. The molecule has 5 heteroatoms. The van der Waals surface area contributed by atoms with Crippen LogP contribution in [0, 0.1) is 5.82 Å². The quantitative estimate of drug-likeness (QED) is 0.282. The summed E-state index contributed by atoms with van der Waals surface area (Å²) in [6.45, 7) is 4.28. The number of unbranched alkanes of at least 4 members (excludes halogenated alkanes) is 10. The van der Waals surface area contributed by atoms with Crippen molar-refractivity contribution in [3.63, 3.8) is 0 Å². The fourth-order valence-corrected chi connectivity index (χ4v) is 3.17. The molecule has 0 heterocycles. The minimum atomic E-state index is -0.203. The van der Waals surface area contributed by atoms with Crippen molar-refractivity contribution in [3.05, 3.63) is 35.6 Å². The van der Waals surface area contributed by atoms with Crippen molar-refractivity contribution in [2.24, 2.45) is 5.73 Å². The van der Waals surface area contributed by atoms with Gasteiger partial charge >= 0.3 is 0 Å². The highest BCUT2D eigenvalue weighted by Crippen LogP contribution is 2.14. The van der Waals surface area contributed by atoms with E-state index < -0.39 is 0 Å². The first-order valence-electron chi connectivity index (χ1n) is 10.5. The van der Waals surface area contributed by atoms with E-state index >= 15 is 0 Å². The number of rotatable bonds is 16. The summed E-state index contributed by atoms with van der Waals surface area (Å²) in [5.41, 5.74) is 7.14. The number of hydrogen-bond acceptors (Lipinski definition) is 2. The Balaban J connectivity index is 0. The molecule has 0 fully saturated rings. The predicted molar refractivity (Wildman–Crippen MR) is 122 cm³/mol. The maximum atomic E-state index is 12.9. The lowest BCUT2D eigenvalue weighted by Gasteiger charge is -2.12. The van der Waals surface area contributed by atoms with Gasteiger partial charge < -0.3 is 11.1 Å². The van der Waals surface area contributed by atoms with Crippen LogP contribution in [0.1, 0.15) is 95.6 Å². The lowest BCUT2D eigenvalue weighted by Crippen LogP contribution is -2.22.